The Morgan fingerprint density at radius 2 is 1.15 bits per heavy atom. The molecule has 0 saturated heterocycles. The Morgan fingerprint density at radius 1 is 0.615 bits per heavy atom. The molecule has 0 aliphatic heterocycles. The van der Waals surface area contributed by atoms with Gasteiger partial charge in [-0.1, -0.05) is 54.2 Å². The lowest BCUT2D eigenvalue weighted by atomic mass is 10.2. The fraction of sp³-hybridized carbons (Fsp3) is 0. The van der Waals surface area contributed by atoms with Crippen molar-refractivity contribution < 1.29 is 5.11 Å². The number of nitrogens with zero attached hydrogens (tertiary/aromatic N) is 3. The number of aromatic nitrogens is 3. The fourth-order valence-electron chi connectivity index (χ4n) is 2.48. The lowest BCUT2D eigenvalue weighted by molar-refractivity contribution is 0.475. The number of aromatic hydroxyl groups is 1. The molecule has 1 aromatic heterocycles. The first-order valence-electron chi connectivity index (χ1n) is 8.10. The van der Waals surface area contributed by atoms with Crippen molar-refractivity contribution in [1.82, 2.24) is 15.0 Å². The highest BCUT2D eigenvalue weighted by Crippen LogP contribution is 2.30. The zero-order valence-electron chi connectivity index (χ0n) is 13.8. The molecule has 0 atom stereocenters. The van der Waals surface area contributed by atoms with Crippen molar-refractivity contribution in [3.63, 3.8) is 0 Å². The minimum absolute atomic E-state index is 0.272. The number of hydrogen-bond donors (Lipinski definition) is 1. The Bertz CT molecular complexity index is 1000. The van der Waals surface area contributed by atoms with E-state index in [1.165, 1.54) is 0 Å². The van der Waals surface area contributed by atoms with Crippen LogP contribution in [0, 0.1) is 0 Å². The van der Waals surface area contributed by atoms with E-state index in [1.54, 1.807) is 30.2 Å². The minimum Gasteiger partial charge on any atom is -0.508 e. The first-order chi connectivity index (χ1) is 12.8. The van der Waals surface area contributed by atoms with Crippen LogP contribution in [0.1, 0.15) is 0 Å². The van der Waals surface area contributed by atoms with Crippen LogP contribution in [0.25, 0.3) is 22.8 Å². The molecular formula is C21H15N3OS. The molecule has 1 N–H and O–H groups in total. The third kappa shape index (κ3) is 3.73. The van der Waals surface area contributed by atoms with Gasteiger partial charge in [0.05, 0.1) is 0 Å². The van der Waals surface area contributed by atoms with Crippen LogP contribution in [0.2, 0.25) is 0 Å². The fourth-order valence-corrected chi connectivity index (χ4v) is 3.30. The van der Waals surface area contributed by atoms with E-state index in [0.717, 1.165) is 20.9 Å². The number of hydrogen-bond acceptors (Lipinski definition) is 5. The molecule has 4 nitrogen and oxygen atoms in total. The van der Waals surface area contributed by atoms with Crippen molar-refractivity contribution >= 4 is 11.8 Å². The second-order valence-corrected chi connectivity index (χ2v) is 6.77. The highest BCUT2D eigenvalue weighted by Gasteiger charge is 2.06. The maximum atomic E-state index is 9.36. The molecule has 0 aliphatic rings. The lowest BCUT2D eigenvalue weighted by Crippen LogP contribution is -1.94. The molecule has 0 radical (unpaired) electrons. The summed E-state index contributed by atoms with van der Waals surface area (Å²) < 4.78 is 0. The lowest BCUT2D eigenvalue weighted by Gasteiger charge is -2.05. The van der Waals surface area contributed by atoms with Gasteiger partial charge in [-0.05, 0) is 36.4 Å². The molecule has 0 bridgehead atoms. The van der Waals surface area contributed by atoms with Crippen LogP contribution in [-0.4, -0.2) is 20.1 Å². The maximum Gasteiger partial charge on any atom is 0.163 e. The van der Waals surface area contributed by atoms with Crippen LogP contribution in [0.3, 0.4) is 0 Å². The van der Waals surface area contributed by atoms with Gasteiger partial charge in [0.1, 0.15) is 12.1 Å². The summed E-state index contributed by atoms with van der Waals surface area (Å²) in [6.07, 6.45) is 1.55. The highest BCUT2D eigenvalue weighted by atomic mass is 32.2. The van der Waals surface area contributed by atoms with E-state index in [4.69, 9.17) is 0 Å². The van der Waals surface area contributed by atoms with E-state index < -0.39 is 0 Å². The largest absolute Gasteiger partial charge is 0.508 e. The van der Waals surface area contributed by atoms with Gasteiger partial charge in [-0.15, -0.1) is 0 Å². The van der Waals surface area contributed by atoms with Crippen LogP contribution in [-0.2, 0) is 0 Å². The molecular weight excluding hydrogens is 342 g/mol. The highest BCUT2D eigenvalue weighted by molar-refractivity contribution is 7.99. The SMILES string of the molecule is Oc1ccc(Sc2ccc(-c3ncnc(-c4ccccc4)n3)cc2)cc1. The normalized spacial score (nSPS) is 10.6. The zero-order valence-corrected chi connectivity index (χ0v) is 14.6. The number of rotatable bonds is 4. The first-order valence-corrected chi connectivity index (χ1v) is 8.91. The van der Waals surface area contributed by atoms with Crippen molar-refractivity contribution in [2.75, 3.05) is 0 Å². The molecule has 4 aromatic rings. The molecule has 0 unspecified atom stereocenters. The molecule has 26 heavy (non-hydrogen) atoms. The van der Waals surface area contributed by atoms with Gasteiger partial charge < -0.3 is 5.11 Å². The van der Waals surface area contributed by atoms with Gasteiger partial charge in [-0.3, -0.25) is 0 Å². The van der Waals surface area contributed by atoms with Crippen molar-refractivity contribution in [2.24, 2.45) is 0 Å². The van der Waals surface area contributed by atoms with Gasteiger partial charge in [0.25, 0.3) is 0 Å². The number of benzene rings is 3. The molecule has 126 valence electrons. The van der Waals surface area contributed by atoms with Crippen LogP contribution >= 0.6 is 11.8 Å². The van der Waals surface area contributed by atoms with Gasteiger partial charge in [0, 0.05) is 20.9 Å². The molecule has 0 amide bonds. The second kappa shape index (κ2) is 7.37. The Balaban J connectivity index is 1.56. The molecule has 0 fully saturated rings. The molecule has 1 heterocycles. The average molecular weight is 357 g/mol. The summed E-state index contributed by atoms with van der Waals surface area (Å²) in [4.78, 5) is 15.3. The third-order valence-corrected chi connectivity index (χ3v) is 4.80. The third-order valence-electron chi connectivity index (χ3n) is 3.79. The Morgan fingerprint density at radius 3 is 1.77 bits per heavy atom. The summed E-state index contributed by atoms with van der Waals surface area (Å²) >= 11 is 1.64. The van der Waals surface area contributed by atoms with Crippen LogP contribution in [0.4, 0.5) is 0 Å². The predicted octanol–water partition coefficient (Wildman–Crippen LogP) is 5.06. The van der Waals surface area contributed by atoms with E-state index in [9.17, 15) is 5.11 Å². The topological polar surface area (TPSA) is 58.9 Å². The van der Waals surface area contributed by atoms with Gasteiger partial charge >= 0.3 is 0 Å². The second-order valence-electron chi connectivity index (χ2n) is 5.62. The van der Waals surface area contributed by atoms with Gasteiger partial charge in [-0.2, -0.15) is 0 Å². The molecule has 5 heteroatoms. The minimum atomic E-state index is 0.272. The van der Waals surface area contributed by atoms with E-state index in [-0.39, 0.29) is 5.75 Å². The summed E-state index contributed by atoms with van der Waals surface area (Å²) in [6.45, 7) is 0. The van der Waals surface area contributed by atoms with Gasteiger partial charge in [0.15, 0.2) is 11.6 Å². The van der Waals surface area contributed by atoms with Crippen molar-refractivity contribution in [2.45, 2.75) is 9.79 Å². The quantitative estimate of drug-likeness (QED) is 0.553. The summed E-state index contributed by atoms with van der Waals surface area (Å²) in [6, 6.07) is 25.1. The van der Waals surface area contributed by atoms with Crippen molar-refractivity contribution in [3.8, 4) is 28.5 Å². The Hall–Kier alpha value is -3.18. The maximum absolute atomic E-state index is 9.36. The van der Waals surface area contributed by atoms with Crippen molar-refractivity contribution in [3.05, 3.63) is 85.2 Å². The standard InChI is InChI=1S/C21H15N3OS/c25-17-8-12-19(13-9-17)26-18-10-6-16(7-11-18)21-23-14-22-20(24-21)15-4-2-1-3-5-15/h1-14,25H. The van der Waals surface area contributed by atoms with E-state index in [0.29, 0.717) is 11.6 Å². The number of phenolic OH excluding ortho intramolecular Hbond substituents is 1. The molecule has 3 aromatic carbocycles. The average Bonchev–Trinajstić information content (AvgIpc) is 2.71. The van der Waals surface area contributed by atoms with Crippen LogP contribution < -0.4 is 0 Å². The zero-order chi connectivity index (χ0) is 17.8. The molecule has 0 saturated carbocycles. The Kier molecular flexibility index (Phi) is 4.62. The smallest absolute Gasteiger partial charge is 0.163 e. The summed E-state index contributed by atoms with van der Waals surface area (Å²) in [7, 11) is 0. The van der Waals surface area contributed by atoms with E-state index in [2.05, 4.69) is 15.0 Å². The van der Waals surface area contributed by atoms with E-state index in [1.807, 2.05) is 66.7 Å². The molecule has 4 rings (SSSR count). The molecule has 0 spiro atoms. The van der Waals surface area contributed by atoms with Gasteiger partial charge in [0.2, 0.25) is 0 Å². The molecule has 0 aliphatic carbocycles. The monoisotopic (exact) mass is 357 g/mol. The predicted molar refractivity (Wildman–Crippen MR) is 103 cm³/mol. The number of phenols is 1. The first kappa shape index (κ1) is 16.3. The summed E-state index contributed by atoms with van der Waals surface area (Å²) in [5.74, 6) is 1.59. The van der Waals surface area contributed by atoms with Crippen molar-refractivity contribution in [1.29, 1.82) is 0 Å². The Labute approximate surface area is 155 Å². The summed E-state index contributed by atoms with van der Waals surface area (Å²) in [5.41, 5.74) is 1.91. The van der Waals surface area contributed by atoms with E-state index >= 15 is 0 Å². The van der Waals surface area contributed by atoms with Gasteiger partial charge in [-0.25, -0.2) is 15.0 Å². The van der Waals surface area contributed by atoms with Crippen LogP contribution in [0.15, 0.2) is 95.0 Å². The summed E-state index contributed by atoms with van der Waals surface area (Å²) in [5, 5.41) is 9.36. The van der Waals surface area contributed by atoms with Crippen LogP contribution in [0.5, 0.6) is 5.75 Å².